The fourth-order valence-corrected chi connectivity index (χ4v) is 2.96. The van der Waals surface area contributed by atoms with Crippen LogP contribution >= 0.6 is 11.3 Å². The molecule has 0 N–H and O–H groups in total. The summed E-state index contributed by atoms with van der Waals surface area (Å²) in [5.74, 6) is 0. The van der Waals surface area contributed by atoms with Crippen LogP contribution in [0.15, 0.2) is 6.20 Å². The molecular weight excluding hydrogens is 210 g/mol. The number of ether oxygens (including phenoxy) is 2. The van der Waals surface area contributed by atoms with Crippen molar-refractivity contribution in [3.05, 3.63) is 16.1 Å². The van der Waals surface area contributed by atoms with Gasteiger partial charge in [-0.25, -0.2) is 4.98 Å². The molecule has 2 heterocycles. The molecule has 0 aliphatic carbocycles. The second-order valence-electron chi connectivity index (χ2n) is 3.80. The van der Waals surface area contributed by atoms with Crippen LogP contribution in [0, 0.1) is 0 Å². The van der Waals surface area contributed by atoms with E-state index in [0.29, 0.717) is 0 Å². The van der Waals surface area contributed by atoms with E-state index in [1.165, 1.54) is 4.88 Å². The number of aryl methyl sites for hydroxylation is 1. The summed E-state index contributed by atoms with van der Waals surface area (Å²) in [5.41, 5.74) is -0.184. The average Bonchev–Trinajstić information content (AvgIpc) is 2.79. The molecule has 0 amide bonds. The maximum Gasteiger partial charge on any atom is 0.125 e. The van der Waals surface area contributed by atoms with Crippen LogP contribution in [0.3, 0.4) is 0 Å². The maximum absolute atomic E-state index is 5.69. The van der Waals surface area contributed by atoms with Crippen LogP contribution in [-0.2, 0) is 21.5 Å². The summed E-state index contributed by atoms with van der Waals surface area (Å²) in [6.45, 7) is 3.70. The molecule has 1 aromatic heterocycles. The molecule has 4 heteroatoms. The molecule has 0 spiro atoms. The third-order valence-corrected chi connectivity index (χ3v) is 4.31. The first-order chi connectivity index (χ1) is 7.30. The molecule has 1 aromatic rings. The van der Waals surface area contributed by atoms with Crippen molar-refractivity contribution in [1.29, 1.82) is 0 Å². The zero-order valence-electron chi connectivity index (χ0n) is 9.28. The van der Waals surface area contributed by atoms with Gasteiger partial charge in [0.15, 0.2) is 0 Å². The van der Waals surface area contributed by atoms with Crippen molar-refractivity contribution in [2.24, 2.45) is 0 Å². The Morgan fingerprint density at radius 1 is 1.53 bits per heavy atom. The van der Waals surface area contributed by atoms with E-state index >= 15 is 0 Å². The lowest BCUT2D eigenvalue weighted by Crippen LogP contribution is -2.35. The Kier molecular flexibility index (Phi) is 3.38. The van der Waals surface area contributed by atoms with Crippen molar-refractivity contribution in [1.82, 2.24) is 4.98 Å². The molecule has 0 radical (unpaired) electrons. The largest absolute Gasteiger partial charge is 0.381 e. The molecule has 1 saturated heterocycles. The van der Waals surface area contributed by atoms with Crippen molar-refractivity contribution in [3.63, 3.8) is 0 Å². The Morgan fingerprint density at radius 3 is 2.80 bits per heavy atom. The van der Waals surface area contributed by atoms with Gasteiger partial charge in [0.2, 0.25) is 0 Å². The van der Waals surface area contributed by atoms with Crippen LogP contribution in [0.5, 0.6) is 0 Å². The summed E-state index contributed by atoms with van der Waals surface area (Å²) in [6.07, 6.45) is 4.85. The third-order valence-electron chi connectivity index (χ3n) is 2.98. The summed E-state index contributed by atoms with van der Waals surface area (Å²) in [6, 6.07) is 0. The number of hydrogen-bond acceptors (Lipinski definition) is 4. The zero-order valence-corrected chi connectivity index (χ0v) is 10.1. The van der Waals surface area contributed by atoms with Gasteiger partial charge in [0, 0.05) is 44.2 Å². The monoisotopic (exact) mass is 227 g/mol. The van der Waals surface area contributed by atoms with E-state index in [0.717, 1.165) is 37.5 Å². The number of nitrogens with zero attached hydrogens (tertiary/aromatic N) is 1. The predicted molar refractivity (Wildman–Crippen MR) is 60.2 cm³/mol. The molecular formula is C11H17NO2S. The van der Waals surface area contributed by atoms with Gasteiger partial charge in [-0.2, -0.15) is 0 Å². The van der Waals surface area contributed by atoms with Gasteiger partial charge in [0.05, 0.1) is 0 Å². The van der Waals surface area contributed by atoms with E-state index < -0.39 is 0 Å². The van der Waals surface area contributed by atoms with E-state index in [4.69, 9.17) is 9.47 Å². The van der Waals surface area contributed by atoms with Crippen LogP contribution in [0.25, 0.3) is 0 Å². The minimum absolute atomic E-state index is 0.184. The van der Waals surface area contributed by atoms with Crippen LogP contribution in [0.1, 0.15) is 29.7 Å². The van der Waals surface area contributed by atoms with Crippen molar-refractivity contribution in [2.75, 3.05) is 20.3 Å². The van der Waals surface area contributed by atoms with Crippen molar-refractivity contribution in [3.8, 4) is 0 Å². The highest BCUT2D eigenvalue weighted by Gasteiger charge is 2.37. The Labute approximate surface area is 94.4 Å². The summed E-state index contributed by atoms with van der Waals surface area (Å²) in [4.78, 5) is 5.82. The Bertz CT molecular complexity index is 318. The molecule has 1 aliphatic heterocycles. The quantitative estimate of drug-likeness (QED) is 0.794. The van der Waals surface area contributed by atoms with Gasteiger partial charge in [-0.05, 0) is 6.42 Å². The van der Waals surface area contributed by atoms with E-state index in [1.807, 2.05) is 6.20 Å². The van der Waals surface area contributed by atoms with Crippen molar-refractivity contribution in [2.45, 2.75) is 31.8 Å². The van der Waals surface area contributed by atoms with Gasteiger partial charge < -0.3 is 9.47 Å². The summed E-state index contributed by atoms with van der Waals surface area (Å²) in [7, 11) is 1.78. The Hall–Kier alpha value is -0.450. The lowest BCUT2D eigenvalue weighted by atomic mass is 9.95. The molecule has 15 heavy (non-hydrogen) atoms. The molecule has 84 valence electrons. The lowest BCUT2D eigenvalue weighted by Gasteiger charge is -2.33. The van der Waals surface area contributed by atoms with Gasteiger partial charge in [0.25, 0.3) is 0 Å². The lowest BCUT2D eigenvalue weighted by molar-refractivity contribution is -0.0948. The summed E-state index contributed by atoms with van der Waals surface area (Å²) in [5, 5.41) is 1.12. The van der Waals surface area contributed by atoms with Crippen LogP contribution in [0.4, 0.5) is 0 Å². The third kappa shape index (κ3) is 2.07. The van der Waals surface area contributed by atoms with Gasteiger partial charge in [0.1, 0.15) is 10.6 Å². The molecule has 0 bridgehead atoms. The molecule has 3 nitrogen and oxygen atoms in total. The van der Waals surface area contributed by atoms with E-state index in [9.17, 15) is 0 Å². The molecule has 0 atom stereocenters. The fourth-order valence-electron chi connectivity index (χ4n) is 1.89. The predicted octanol–water partition coefficient (Wildman–Crippen LogP) is 2.36. The normalized spacial score (nSPS) is 20.4. The minimum atomic E-state index is -0.184. The second kappa shape index (κ2) is 4.60. The van der Waals surface area contributed by atoms with Crippen molar-refractivity contribution < 1.29 is 9.47 Å². The van der Waals surface area contributed by atoms with Crippen LogP contribution in [-0.4, -0.2) is 25.3 Å². The van der Waals surface area contributed by atoms with Crippen LogP contribution in [0.2, 0.25) is 0 Å². The Balaban J connectivity index is 2.24. The topological polar surface area (TPSA) is 31.4 Å². The first-order valence-corrected chi connectivity index (χ1v) is 6.20. The van der Waals surface area contributed by atoms with E-state index in [1.54, 1.807) is 18.4 Å². The number of hydrogen-bond donors (Lipinski definition) is 0. The Morgan fingerprint density at radius 2 is 2.27 bits per heavy atom. The zero-order chi connectivity index (χ0) is 10.7. The highest BCUT2D eigenvalue weighted by Crippen LogP contribution is 2.37. The standard InChI is InChI=1S/C11H17NO2S/c1-3-9-8-12-10(15-9)11(13-2)4-6-14-7-5-11/h8H,3-7H2,1-2H3. The highest BCUT2D eigenvalue weighted by atomic mass is 32.1. The summed E-state index contributed by atoms with van der Waals surface area (Å²) < 4.78 is 11.1. The molecule has 0 aromatic carbocycles. The van der Waals surface area contributed by atoms with Gasteiger partial charge >= 0.3 is 0 Å². The molecule has 1 fully saturated rings. The number of methoxy groups -OCH3 is 1. The molecule has 0 saturated carbocycles. The highest BCUT2D eigenvalue weighted by molar-refractivity contribution is 7.11. The molecule has 0 unspecified atom stereocenters. The maximum atomic E-state index is 5.69. The van der Waals surface area contributed by atoms with E-state index in [2.05, 4.69) is 11.9 Å². The number of aromatic nitrogens is 1. The summed E-state index contributed by atoms with van der Waals surface area (Å²) >= 11 is 1.77. The number of rotatable bonds is 3. The average molecular weight is 227 g/mol. The van der Waals surface area contributed by atoms with Gasteiger partial charge in [-0.3, -0.25) is 0 Å². The molecule has 1 aliphatic rings. The first kappa shape index (κ1) is 11.0. The van der Waals surface area contributed by atoms with Crippen LogP contribution < -0.4 is 0 Å². The number of thiazole rings is 1. The second-order valence-corrected chi connectivity index (χ2v) is 4.91. The molecule has 2 rings (SSSR count). The van der Waals surface area contributed by atoms with E-state index in [-0.39, 0.29) is 5.60 Å². The first-order valence-electron chi connectivity index (χ1n) is 5.39. The van der Waals surface area contributed by atoms with Crippen molar-refractivity contribution >= 4 is 11.3 Å². The van der Waals surface area contributed by atoms with Gasteiger partial charge in [-0.15, -0.1) is 11.3 Å². The fraction of sp³-hybridized carbons (Fsp3) is 0.727. The smallest absolute Gasteiger partial charge is 0.125 e. The van der Waals surface area contributed by atoms with Gasteiger partial charge in [-0.1, -0.05) is 6.92 Å². The minimum Gasteiger partial charge on any atom is -0.381 e. The SMILES string of the molecule is CCc1cnc(C2(OC)CCOCC2)s1.